The average molecular weight is 373 g/mol. The number of hydrogen-bond donors (Lipinski definition) is 2. The Kier molecular flexibility index (Phi) is 7.19. The molecule has 0 aromatic heterocycles. The van der Waals surface area contributed by atoms with E-state index in [1.165, 1.54) is 0 Å². The zero-order chi connectivity index (χ0) is 18.9. The van der Waals surface area contributed by atoms with E-state index < -0.39 is 0 Å². The number of hydrogen-bond acceptors (Lipinski definition) is 3. The molecule has 0 radical (unpaired) electrons. The summed E-state index contributed by atoms with van der Waals surface area (Å²) in [5.74, 6) is 3.54. The SMILES string of the molecule is C#CCOc1cc(CNC(=O)NC(C)c2cccc(Cl)c2)ccc1OC. The number of carbonyl (C=O) groups excluding carboxylic acids is 1. The molecule has 2 aromatic carbocycles. The van der Waals surface area contributed by atoms with Gasteiger partial charge in [-0.25, -0.2) is 4.79 Å². The van der Waals surface area contributed by atoms with Gasteiger partial charge in [-0.05, 0) is 42.3 Å². The number of nitrogens with one attached hydrogen (secondary N) is 2. The van der Waals surface area contributed by atoms with Crippen molar-refractivity contribution in [1.29, 1.82) is 0 Å². The lowest BCUT2D eigenvalue weighted by Crippen LogP contribution is -2.36. The predicted octanol–water partition coefficient (Wildman–Crippen LogP) is 3.92. The van der Waals surface area contributed by atoms with Gasteiger partial charge in [-0.15, -0.1) is 6.42 Å². The van der Waals surface area contributed by atoms with Crippen molar-refractivity contribution in [2.24, 2.45) is 0 Å². The van der Waals surface area contributed by atoms with Crippen LogP contribution in [0.15, 0.2) is 42.5 Å². The minimum absolute atomic E-state index is 0.144. The summed E-state index contributed by atoms with van der Waals surface area (Å²) in [6, 6.07) is 12.3. The molecule has 0 bridgehead atoms. The Morgan fingerprint density at radius 1 is 1.27 bits per heavy atom. The highest BCUT2D eigenvalue weighted by Crippen LogP contribution is 2.28. The molecule has 1 unspecified atom stereocenters. The first-order chi connectivity index (χ1) is 12.5. The van der Waals surface area contributed by atoms with E-state index in [-0.39, 0.29) is 18.7 Å². The highest BCUT2D eigenvalue weighted by Gasteiger charge is 2.10. The molecule has 1 atom stereocenters. The molecule has 2 aromatic rings. The minimum atomic E-state index is -0.278. The van der Waals surface area contributed by atoms with E-state index in [0.717, 1.165) is 11.1 Å². The fourth-order valence-electron chi connectivity index (χ4n) is 2.35. The van der Waals surface area contributed by atoms with Crippen molar-refractivity contribution in [3.05, 3.63) is 58.6 Å². The van der Waals surface area contributed by atoms with Crippen molar-refractivity contribution < 1.29 is 14.3 Å². The van der Waals surface area contributed by atoms with Gasteiger partial charge in [0.05, 0.1) is 13.2 Å². The number of rotatable bonds is 7. The van der Waals surface area contributed by atoms with Crippen LogP contribution in [0.4, 0.5) is 4.79 Å². The van der Waals surface area contributed by atoms with Gasteiger partial charge in [0, 0.05) is 11.6 Å². The lowest BCUT2D eigenvalue weighted by atomic mass is 10.1. The van der Waals surface area contributed by atoms with Crippen LogP contribution in [0.5, 0.6) is 11.5 Å². The highest BCUT2D eigenvalue weighted by molar-refractivity contribution is 6.30. The summed E-state index contributed by atoms with van der Waals surface area (Å²) in [4.78, 5) is 12.1. The zero-order valence-corrected chi connectivity index (χ0v) is 15.5. The Balaban J connectivity index is 1.93. The molecule has 2 N–H and O–H groups in total. The number of ether oxygens (including phenoxy) is 2. The van der Waals surface area contributed by atoms with Crippen LogP contribution in [0.2, 0.25) is 5.02 Å². The van der Waals surface area contributed by atoms with E-state index in [0.29, 0.717) is 23.1 Å². The van der Waals surface area contributed by atoms with E-state index >= 15 is 0 Å². The van der Waals surface area contributed by atoms with Gasteiger partial charge in [0.1, 0.15) is 6.61 Å². The Morgan fingerprint density at radius 2 is 2.08 bits per heavy atom. The van der Waals surface area contributed by atoms with E-state index in [2.05, 4.69) is 16.6 Å². The fraction of sp³-hybridized carbons (Fsp3) is 0.250. The summed E-state index contributed by atoms with van der Waals surface area (Å²) in [5.41, 5.74) is 1.80. The second-order valence-corrected chi connectivity index (χ2v) is 6.02. The van der Waals surface area contributed by atoms with Gasteiger partial charge in [-0.1, -0.05) is 35.7 Å². The van der Waals surface area contributed by atoms with Gasteiger partial charge in [0.15, 0.2) is 11.5 Å². The summed E-state index contributed by atoms with van der Waals surface area (Å²) in [6.45, 7) is 2.37. The molecule has 136 valence electrons. The largest absolute Gasteiger partial charge is 0.493 e. The van der Waals surface area contributed by atoms with Gasteiger partial charge in [-0.3, -0.25) is 0 Å². The van der Waals surface area contributed by atoms with Crippen LogP contribution in [0.3, 0.4) is 0 Å². The molecular weight excluding hydrogens is 352 g/mol. The first-order valence-corrected chi connectivity index (χ1v) is 8.44. The van der Waals surface area contributed by atoms with E-state index in [1.54, 1.807) is 25.3 Å². The Morgan fingerprint density at radius 3 is 2.77 bits per heavy atom. The van der Waals surface area contributed by atoms with E-state index in [4.69, 9.17) is 27.5 Å². The highest BCUT2D eigenvalue weighted by atomic mass is 35.5. The molecule has 0 fully saturated rings. The van der Waals surface area contributed by atoms with Gasteiger partial charge in [-0.2, -0.15) is 0 Å². The first-order valence-electron chi connectivity index (χ1n) is 8.06. The van der Waals surface area contributed by atoms with Gasteiger partial charge < -0.3 is 20.1 Å². The van der Waals surface area contributed by atoms with Crippen LogP contribution in [0.25, 0.3) is 0 Å². The lowest BCUT2D eigenvalue weighted by molar-refractivity contribution is 0.237. The van der Waals surface area contributed by atoms with Gasteiger partial charge in [0.2, 0.25) is 0 Å². The summed E-state index contributed by atoms with van der Waals surface area (Å²) in [5, 5.41) is 6.32. The van der Waals surface area contributed by atoms with Crippen LogP contribution in [0.1, 0.15) is 24.1 Å². The van der Waals surface area contributed by atoms with Crippen molar-refractivity contribution in [1.82, 2.24) is 10.6 Å². The van der Waals surface area contributed by atoms with Crippen LogP contribution in [0, 0.1) is 12.3 Å². The predicted molar refractivity (Wildman–Crippen MR) is 103 cm³/mol. The van der Waals surface area contributed by atoms with Crippen molar-refractivity contribution >= 4 is 17.6 Å². The second-order valence-electron chi connectivity index (χ2n) is 5.58. The second kappa shape index (κ2) is 9.59. The molecule has 0 aliphatic rings. The van der Waals surface area contributed by atoms with Gasteiger partial charge in [0.25, 0.3) is 0 Å². The normalized spacial score (nSPS) is 11.2. The zero-order valence-electron chi connectivity index (χ0n) is 14.7. The Hall–Kier alpha value is -2.84. The van der Waals surface area contributed by atoms with Crippen LogP contribution < -0.4 is 20.1 Å². The number of amides is 2. The van der Waals surface area contributed by atoms with Crippen molar-refractivity contribution in [2.45, 2.75) is 19.5 Å². The number of carbonyl (C=O) groups is 1. The third-order valence-corrected chi connectivity index (χ3v) is 3.92. The number of terminal acetylenes is 1. The number of methoxy groups -OCH3 is 1. The molecule has 2 amide bonds. The smallest absolute Gasteiger partial charge is 0.315 e. The summed E-state index contributed by atoms with van der Waals surface area (Å²) < 4.78 is 10.7. The Labute approximate surface area is 158 Å². The summed E-state index contributed by atoms with van der Waals surface area (Å²) in [7, 11) is 1.56. The molecule has 0 aliphatic heterocycles. The average Bonchev–Trinajstić information content (AvgIpc) is 2.64. The summed E-state index contributed by atoms with van der Waals surface area (Å²) in [6.07, 6.45) is 5.22. The first kappa shape index (κ1) is 19.5. The van der Waals surface area contributed by atoms with Crippen molar-refractivity contribution in [3.63, 3.8) is 0 Å². The van der Waals surface area contributed by atoms with Crippen LogP contribution in [-0.4, -0.2) is 19.7 Å². The molecule has 0 aliphatic carbocycles. The molecule has 0 spiro atoms. The van der Waals surface area contributed by atoms with Crippen molar-refractivity contribution in [3.8, 4) is 23.8 Å². The molecule has 26 heavy (non-hydrogen) atoms. The maximum absolute atomic E-state index is 12.1. The maximum atomic E-state index is 12.1. The topological polar surface area (TPSA) is 59.6 Å². The molecular formula is C20H21ClN2O3. The third-order valence-electron chi connectivity index (χ3n) is 3.69. The van der Waals surface area contributed by atoms with Crippen molar-refractivity contribution in [2.75, 3.05) is 13.7 Å². The monoisotopic (exact) mass is 372 g/mol. The molecule has 0 saturated heterocycles. The fourth-order valence-corrected chi connectivity index (χ4v) is 2.55. The van der Waals surface area contributed by atoms with Gasteiger partial charge >= 0.3 is 6.03 Å². The molecule has 5 nitrogen and oxygen atoms in total. The number of urea groups is 1. The number of halogens is 1. The lowest BCUT2D eigenvalue weighted by Gasteiger charge is -2.16. The molecule has 2 rings (SSSR count). The van der Waals surface area contributed by atoms with E-state index in [9.17, 15) is 4.79 Å². The summed E-state index contributed by atoms with van der Waals surface area (Å²) >= 11 is 5.98. The third kappa shape index (κ3) is 5.61. The molecule has 0 heterocycles. The van der Waals surface area contributed by atoms with E-state index in [1.807, 2.05) is 31.2 Å². The minimum Gasteiger partial charge on any atom is -0.493 e. The maximum Gasteiger partial charge on any atom is 0.315 e. The quantitative estimate of drug-likeness (QED) is 0.724. The molecule has 0 saturated carbocycles. The Bertz CT molecular complexity index is 802. The van der Waals surface area contributed by atoms with Crippen LogP contribution >= 0.6 is 11.6 Å². The molecule has 6 heteroatoms. The number of benzene rings is 2. The standard InChI is InChI=1S/C20H21ClN2O3/c1-4-10-26-19-11-15(8-9-18(19)25-3)13-22-20(24)23-14(2)16-6-5-7-17(21)12-16/h1,5-9,11-12,14H,10,13H2,2-3H3,(H2,22,23,24). The van der Waals surface area contributed by atoms with Crippen LogP contribution in [-0.2, 0) is 6.54 Å².